The number of unbranched alkanes of at least 4 members (excludes halogenated alkanes) is 1. The molecule has 4 heteroatoms. The van der Waals surface area contributed by atoms with Crippen molar-refractivity contribution in [2.45, 2.75) is 51.5 Å². The van der Waals surface area contributed by atoms with E-state index < -0.39 is 12.0 Å². The first-order valence-corrected chi connectivity index (χ1v) is 7.71. The first-order valence-electron chi connectivity index (χ1n) is 7.71. The van der Waals surface area contributed by atoms with Crippen LogP contribution in [0.4, 0.5) is 0 Å². The average Bonchev–Trinajstić information content (AvgIpc) is 2.50. The highest BCUT2D eigenvalue weighted by Crippen LogP contribution is 2.25. The second-order valence-electron chi connectivity index (χ2n) is 5.75. The Labute approximate surface area is 125 Å². The van der Waals surface area contributed by atoms with Gasteiger partial charge in [-0.15, -0.1) is 0 Å². The number of carboxylic acids is 1. The van der Waals surface area contributed by atoms with Crippen LogP contribution in [-0.4, -0.2) is 23.0 Å². The molecule has 0 saturated heterocycles. The Bertz CT molecular complexity index is 513. The molecular weight excluding hydrogens is 266 g/mol. The molecule has 1 unspecified atom stereocenters. The molecule has 1 aromatic carbocycles. The molecule has 1 aromatic rings. The van der Waals surface area contributed by atoms with Crippen molar-refractivity contribution in [1.82, 2.24) is 5.32 Å². The predicted octanol–water partition coefficient (Wildman–Crippen LogP) is 2.55. The van der Waals surface area contributed by atoms with E-state index in [9.17, 15) is 14.7 Å². The number of hydrogen-bond acceptors (Lipinski definition) is 2. The van der Waals surface area contributed by atoms with E-state index in [1.165, 1.54) is 11.1 Å². The fraction of sp³-hybridized carbons (Fsp3) is 0.529. The number of hydrogen-bond donors (Lipinski definition) is 2. The highest BCUT2D eigenvalue weighted by molar-refractivity contribution is 5.85. The second kappa shape index (κ2) is 7.25. The van der Waals surface area contributed by atoms with Crippen molar-refractivity contribution in [1.29, 1.82) is 0 Å². The third-order valence-electron chi connectivity index (χ3n) is 4.18. The van der Waals surface area contributed by atoms with Crippen LogP contribution in [-0.2, 0) is 22.4 Å². The van der Waals surface area contributed by atoms with Crippen molar-refractivity contribution in [2.24, 2.45) is 5.92 Å². The summed E-state index contributed by atoms with van der Waals surface area (Å²) in [6, 6.07) is 7.41. The van der Waals surface area contributed by atoms with Crippen LogP contribution in [0.3, 0.4) is 0 Å². The molecule has 2 rings (SSSR count). The Morgan fingerprint density at radius 3 is 2.71 bits per heavy atom. The van der Waals surface area contributed by atoms with E-state index in [-0.39, 0.29) is 11.8 Å². The molecule has 2 N–H and O–H groups in total. The molecule has 0 aliphatic heterocycles. The summed E-state index contributed by atoms with van der Waals surface area (Å²) >= 11 is 0. The molecular formula is C17H23NO3. The molecule has 21 heavy (non-hydrogen) atoms. The maximum absolute atomic E-state index is 12.3. The number of carboxylic acid groups (broad SMARTS) is 1. The number of benzene rings is 1. The number of nitrogens with one attached hydrogen (secondary N) is 1. The van der Waals surface area contributed by atoms with Crippen LogP contribution < -0.4 is 5.32 Å². The van der Waals surface area contributed by atoms with Crippen molar-refractivity contribution in [3.63, 3.8) is 0 Å². The van der Waals surface area contributed by atoms with Crippen LogP contribution in [0, 0.1) is 5.92 Å². The summed E-state index contributed by atoms with van der Waals surface area (Å²) in [6.07, 6.45) is 4.63. The third-order valence-corrected chi connectivity index (χ3v) is 4.18. The summed E-state index contributed by atoms with van der Waals surface area (Å²) in [7, 11) is 0. The van der Waals surface area contributed by atoms with Crippen LogP contribution >= 0.6 is 0 Å². The minimum absolute atomic E-state index is 0.108. The first kappa shape index (κ1) is 15.5. The van der Waals surface area contributed by atoms with Crippen LogP contribution in [0.25, 0.3) is 0 Å². The fourth-order valence-electron chi connectivity index (χ4n) is 2.88. The van der Waals surface area contributed by atoms with Crippen molar-refractivity contribution < 1.29 is 14.7 Å². The molecule has 4 nitrogen and oxygen atoms in total. The van der Waals surface area contributed by atoms with Gasteiger partial charge in [0, 0.05) is 5.92 Å². The van der Waals surface area contributed by atoms with Gasteiger partial charge in [0.05, 0.1) is 0 Å². The summed E-state index contributed by atoms with van der Waals surface area (Å²) < 4.78 is 0. The Morgan fingerprint density at radius 1 is 1.33 bits per heavy atom. The zero-order valence-electron chi connectivity index (χ0n) is 12.5. The molecule has 0 fully saturated rings. The van der Waals surface area contributed by atoms with Crippen molar-refractivity contribution in [2.75, 3.05) is 0 Å². The van der Waals surface area contributed by atoms with Gasteiger partial charge in [-0.05, 0) is 36.8 Å². The molecule has 0 saturated carbocycles. The van der Waals surface area contributed by atoms with E-state index >= 15 is 0 Å². The number of carbonyl (C=O) groups excluding carboxylic acids is 1. The first-order chi connectivity index (χ1) is 10.1. The summed E-state index contributed by atoms with van der Waals surface area (Å²) in [6.45, 7) is 2.01. The highest BCUT2D eigenvalue weighted by Gasteiger charge is 2.27. The van der Waals surface area contributed by atoms with Gasteiger partial charge in [-0.1, -0.05) is 44.0 Å². The Kier molecular flexibility index (Phi) is 5.37. The molecule has 0 spiro atoms. The maximum atomic E-state index is 12.3. The predicted molar refractivity (Wildman–Crippen MR) is 81.0 cm³/mol. The van der Waals surface area contributed by atoms with Gasteiger partial charge >= 0.3 is 5.97 Å². The molecule has 1 amide bonds. The number of aryl methyl sites for hydroxylation is 1. The summed E-state index contributed by atoms with van der Waals surface area (Å²) in [5, 5.41) is 11.9. The quantitative estimate of drug-likeness (QED) is 0.845. The van der Waals surface area contributed by atoms with Gasteiger partial charge in [-0.3, -0.25) is 4.79 Å². The van der Waals surface area contributed by atoms with E-state index in [1.807, 2.05) is 19.1 Å². The Morgan fingerprint density at radius 2 is 2.05 bits per heavy atom. The minimum atomic E-state index is -0.937. The van der Waals surface area contributed by atoms with Gasteiger partial charge in [0.25, 0.3) is 0 Å². The van der Waals surface area contributed by atoms with Crippen molar-refractivity contribution in [3.05, 3.63) is 35.4 Å². The zero-order valence-corrected chi connectivity index (χ0v) is 12.5. The lowest BCUT2D eigenvalue weighted by molar-refractivity contribution is -0.142. The van der Waals surface area contributed by atoms with Gasteiger partial charge in [-0.2, -0.15) is 0 Å². The molecule has 2 atom stereocenters. The second-order valence-corrected chi connectivity index (χ2v) is 5.75. The molecule has 0 bridgehead atoms. The SMILES string of the molecule is CCCC[C@H](NC(=O)C1CCc2ccccc2C1)C(=O)O. The highest BCUT2D eigenvalue weighted by atomic mass is 16.4. The van der Waals surface area contributed by atoms with Gasteiger partial charge in [0.2, 0.25) is 5.91 Å². The Balaban J connectivity index is 1.96. The molecule has 1 aliphatic carbocycles. The van der Waals surface area contributed by atoms with Gasteiger partial charge in [0.15, 0.2) is 0 Å². The van der Waals surface area contributed by atoms with E-state index in [4.69, 9.17) is 0 Å². The van der Waals surface area contributed by atoms with Crippen LogP contribution in [0.1, 0.15) is 43.7 Å². The lowest BCUT2D eigenvalue weighted by Crippen LogP contribution is -2.44. The van der Waals surface area contributed by atoms with E-state index in [0.29, 0.717) is 12.8 Å². The fourth-order valence-corrected chi connectivity index (χ4v) is 2.88. The number of carbonyl (C=O) groups is 2. The zero-order chi connectivity index (χ0) is 15.2. The average molecular weight is 289 g/mol. The van der Waals surface area contributed by atoms with Gasteiger partial charge < -0.3 is 10.4 Å². The normalized spacial score (nSPS) is 18.6. The van der Waals surface area contributed by atoms with Gasteiger partial charge in [0.1, 0.15) is 6.04 Å². The minimum Gasteiger partial charge on any atom is -0.480 e. The molecule has 0 heterocycles. The third kappa shape index (κ3) is 4.06. The van der Waals surface area contributed by atoms with E-state index in [2.05, 4.69) is 17.4 Å². The van der Waals surface area contributed by atoms with Crippen LogP contribution in [0.2, 0.25) is 0 Å². The largest absolute Gasteiger partial charge is 0.480 e. The lowest BCUT2D eigenvalue weighted by atomic mass is 9.83. The molecule has 0 radical (unpaired) electrons. The monoisotopic (exact) mass is 289 g/mol. The van der Waals surface area contributed by atoms with Crippen LogP contribution in [0.15, 0.2) is 24.3 Å². The smallest absolute Gasteiger partial charge is 0.326 e. The molecule has 0 aromatic heterocycles. The topological polar surface area (TPSA) is 66.4 Å². The van der Waals surface area contributed by atoms with Gasteiger partial charge in [-0.25, -0.2) is 4.79 Å². The summed E-state index contributed by atoms with van der Waals surface area (Å²) in [5.74, 6) is -1.16. The lowest BCUT2D eigenvalue weighted by Gasteiger charge is -2.25. The van der Waals surface area contributed by atoms with E-state index in [1.54, 1.807) is 0 Å². The molecule has 114 valence electrons. The number of aliphatic carboxylic acids is 1. The van der Waals surface area contributed by atoms with E-state index in [0.717, 1.165) is 25.7 Å². The molecule has 1 aliphatic rings. The van der Waals surface area contributed by atoms with Crippen molar-refractivity contribution in [3.8, 4) is 0 Å². The summed E-state index contributed by atoms with van der Waals surface area (Å²) in [4.78, 5) is 23.5. The standard InChI is InChI=1S/C17H23NO3/c1-2-3-8-15(17(20)21)18-16(19)14-10-9-12-6-4-5-7-13(12)11-14/h4-7,14-15H,2-3,8-11H2,1H3,(H,18,19)(H,20,21)/t14?,15-/m0/s1. The van der Waals surface area contributed by atoms with Crippen LogP contribution in [0.5, 0.6) is 0 Å². The van der Waals surface area contributed by atoms with Crippen molar-refractivity contribution >= 4 is 11.9 Å². The number of fused-ring (bicyclic) bond motifs is 1. The Hall–Kier alpha value is -1.84. The number of amides is 1. The summed E-state index contributed by atoms with van der Waals surface area (Å²) in [5.41, 5.74) is 2.52. The maximum Gasteiger partial charge on any atom is 0.326 e. The number of rotatable bonds is 6.